The van der Waals surface area contributed by atoms with E-state index in [0.29, 0.717) is 12.2 Å². The molecule has 0 spiro atoms. The number of hydrogen-bond donors (Lipinski definition) is 1. The first-order valence-electron chi connectivity index (χ1n) is 6.09. The minimum absolute atomic E-state index is 0.103. The first-order valence-corrected chi connectivity index (χ1v) is 6.09. The van der Waals surface area contributed by atoms with Crippen LogP contribution in [0.1, 0.15) is 24.1 Å². The normalized spacial score (nSPS) is 14.5. The molecule has 0 bridgehead atoms. The maximum atomic E-state index is 13.8. The van der Waals surface area contributed by atoms with Gasteiger partial charge in [-0.2, -0.15) is 5.10 Å². The molecule has 0 radical (unpaired) electrons. The lowest BCUT2D eigenvalue weighted by molar-refractivity contribution is 0.442. The van der Waals surface area contributed by atoms with Crippen LogP contribution in [0.25, 0.3) is 5.69 Å². The van der Waals surface area contributed by atoms with Crippen LogP contribution >= 0.6 is 0 Å². The fourth-order valence-electron chi connectivity index (χ4n) is 2.51. The summed E-state index contributed by atoms with van der Waals surface area (Å²) in [5, 5.41) is 4.06. The average Bonchev–Trinajstić information content (AvgIpc) is 2.74. The van der Waals surface area contributed by atoms with Gasteiger partial charge in [0.15, 0.2) is 17.5 Å². The van der Waals surface area contributed by atoms with Crippen molar-refractivity contribution in [3.8, 4) is 5.69 Å². The summed E-state index contributed by atoms with van der Waals surface area (Å²) in [7, 11) is 0. The second kappa shape index (κ2) is 4.29. The molecule has 0 unspecified atom stereocenters. The molecule has 1 aliphatic carbocycles. The fourth-order valence-corrected chi connectivity index (χ4v) is 2.51. The molecule has 0 atom stereocenters. The molecule has 0 fully saturated rings. The number of nitrogens with two attached hydrogens (primary N) is 1. The van der Waals surface area contributed by atoms with E-state index in [1.807, 2.05) is 0 Å². The molecule has 0 aliphatic heterocycles. The highest BCUT2D eigenvalue weighted by molar-refractivity contribution is 5.48. The molecule has 2 N–H and O–H groups in total. The number of nitrogen functional groups attached to an aromatic ring is 1. The monoisotopic (exact) mass is 267 g/mol. The summed E-state index contributed by atoms with van der Waals surface area (Å²) in [6.07, 6.45) is 3.44. The topological polar surface area (TPSA) is 43.8 Å². The third-order valence-electron chi connectivity index (χ3n) is 3.45. The van der Waals surface area contributed by atoms with E-state index in [1.165, 1.54) is 10.7 Å². The van der Waals surface area contributed by atoms with Gasteiger partial charge in [0.25, 0.3) is 0 Å². The third kappa shape index (κ3) is 1.78. The van der Waals surface area contributed by atoms with Crippen molar-refractivity contribution in [1.29, 1.82) is 0 Å². The van der Waals surface area contributed by atoms with Crippen LogP contribution in [0.5, 0.6) is 0 Å². The van der Waals surface area contributed by atoms with Gasteiger partial charge in [-0.1, -0.05) is 0 Å². The first kappa shape index (κ1) is 12.1. The Morgan fingerprint density at radius 1 is 1.05 bits per heavy atom. The summed E-state index contributed by atoms with van der Waals surface area (Å²) in [5.74, 6) is -3.61. The molecule has 1 aromatic carbocycles. The minimum atomic E-state index is -1.49. The van der Waals surface area contributed by atoms with Crippen LogP contribution in [-0.4, -0.2) is 9.78 Å². The lowest BCUT2D eigenvalue weighted by Crippen LogP contribution is -2.10. The van der Waals surface area contributed by atoms with E-state index in [9.17, 15) is 13.2 Å². The van der Waals surface area contributed by atoms with Crippen molar-refractivity contribution in [1.82, 2.24) is 9.78 Å². The number of halogens is 3. The highest BCUT2D eigenvalue weighted by Crippen LogP contribution is 2.29. The maximum Gasteiger partial charge on any atom is 0.196 e. The molecular weight excluding hydrogens is 255 g/mol. The Hall–Kier alpha value is -1.98. The Morgan fingerprint density at radius 3 is 2.58 bits per heavy atom. The Bertz CT molecular complexity index is 649. The smallest absolute Gasteiger partial charge is 0.196 e. The second-order valence-electron chi connectivity index (χ2n) is 4.62. The zero-order valence-corrected chi connectivity index (χ0v) is 10.1. The van der Waals surface area contributed by atoms with Gasteiger partial charge in [-0.3, -0.25) is 0 Å². The van der Waals surface area contributed by atoms with Crippen molar-refractivity contribution >= 4 is 5.82 Å². The van der Waals surface area contributed by atoms with Crippen molar-refractivity contribution in [2.45, 2.75) is 25.7 Å². The van der Waals surface area contributed by atoms with Gasteiger partial charge in [0.2, 0.25) is 0 Å². The molecule has 6 heteroatoms. The van der Waals surface area contributed by atoms with E-state index >= 15 is 0 Å². The average molecular weight is 267 g/mol. The first-order chi connectivity index (χ1) is 9.09. The Balaban J connectivity index is 2.20. The quantitative estimate of drug-likeness (QED) is 0.807. The van der Waals surface area contributed by atoms with Crippen LogP contribution < -0.4 is 5.73 Å². The van der Waals surface area contributed by atoms with Crippen molar-refractivity contribution in [3.63, 3.8) is 0 Å². The lowest BCUT2D eigenvalue weighted by atomic mass is 9.97. The summed E-state index contributed by atoms with van der Waals surface area (Å²) in [4.78, 5) is 0. The SMILES string of the molecule is Nc1nn(-c2ccc(F)c(F)c2F)c2c1CCCC2. The predicted molar refractivity (Wildman–Crippen MR) is 64.5 cm³/mol. The van der Waals surface area contributed by atoms with Crippen LogP contribution in [0, 0.1) is 17.5 Å². The van der Waals surface area contributed by atoms with Crippen LogP contribution in [0.3, 0.4) is 0 Å². The molecule has 0 amide bonds. The molecule has 2 aromatic rings. The second-order valence-corrected chi connectivity index (χ2v) is 4.62. The van der Waals surface area contributed by atoms with E-state index < -0.39 is 17.5 Å². The number of fused-ring (bicyclic) bond motifs is 1. The number of nitrogens with zero attached hydrogens (tertiary/aromatic N) is 2. The molecule has 1 aliphatic rings. The van der Waals surface area contributed by atoms with E-state index in [1.54, 1.807) is 0 Å². The van der Waals surface area contributed by atoms with Gasteiger partial charge in [-0.25, -0.2) is 17.9 Å². The van der Waals surface area contributed by atoms with Crippen molar-refractivity contribution < 1.29 is 13.2 Å². The number of benzene rings is 1. The standard InChI is InChI=1S/C13H12F3N3/c14-8-5-6-10(12(16)11(8)15)19-9-4-2-1-3-7(9)13(17)18-19/h5-6H,1-4H2,(H2,17,18). The summed E-state index contributed by atoms with van der Waals surface area (Å²) < 4.78 is 41.3. The summed E-state index contributed by atoms with van der Waals surface area (Å²) in [6, 6.07) is 2.07. The van der Waals surface area contributed by atoms with Crippen molar-refractivity contribution in [2.24, 2.45) is 0 Å². The maximum absolute atomic E-state index is 13.8. The van der Waals surface area contributed by atoms with Crippen LogP contribution in [0.4, 0.5) is 19.0 Å². The summed E-state index contributed by atoms with van der Waals surface area (Å²) >= 11 is 0. The largest absolute Gasteiger partial charge is 0.382 e. The molecular formula is C13H12F3N3. The Labute approximate surface area is 107 Å². The van der Waals surface area contributed by atoms with Gasteiger partial charge >= 0.3 is 0 Å². The molecule has 0 saturated heterocycles. The highest BCUT2D eigenvalue weighted by Gasteiger charge is 2.23. The van der Waals surface area contributed by atoms with Gasteiger partial charge in [0.1, 0.15) is 11.5 Å². The Morgan fingerprint density at radius 2 is 1.79 bits per heavy atom. The van der Waals surface area contributed by atoms with Crippen LogP contribution in [-0.2, 0) is 12.8 Å². The van der Waals surface area contributed by atoms with Crippen LogP contribution in [0.2, 0.25) is 0 Å². The molecule has 19 heavy (non-hydrogen) atoms. The number of rotatable bonds is 1. The van der Waals surface area contributed by atoms with Gasteiger partial charge in [0, 0.05) is 11.3 Å². The van der Waals surface area contributed by atoms with Gasteiger partial charge < -0.3 is 5.73 Å². The molecule has 0 saturated carbocycles. The van der Waals surface area contributed by atoms with Gasteiger partial charge in [-0.15, -0.1) is 0 Å². The van der Waals surface area contributed by atoms with E-state index in [4.69, 9.17) is 5.73 Å². The number of hydrogen-bond acceptors (Lipinski definition) is 2. The molecule has 3 nitrogen and oxygen atoms in total. The van der Waals surface area contributed by atoms with E-state index in [-0.39, 0.29) is 5.69 Å². The van der Waals surface area contributed by atoms with Crippen LogP contribution in [0.15, 0.2) is 12.1 Å². The van der Waals surface area contributed by atoms with Gasteiger partial charge in [0.05, 0.1) is 0 Å². The predicted octanol–water partition coefficient (Wildman–Crippen LogP) is 2.75. The number of aromatic nitrogens is 2. The van der Waals surface area contributed by atoms with E-state index in [2.05, 4.69) is 5.10 Å². The molecule has 1 heterocycles. The third-order valence-corrected chi connectivity index (χ3v) is 3.45. The fraction of sp³-hybridized carbons (Fsp3) is 0.308. The summed E-state index contributed by atoms with van der Waals surface area (Å²) in [6.45, 7) is 0. The molecule has 3 rings (SSSR count). The zero-order valence-electron chi connectivity index (χ0n) is 10.1. The lowest BCUT2D eigenvalue weighted by Gasteiger charge is -2.14. The minimum Gasteiger partial charge on any atom is -0.382 e. The van der Waals surface area contributed by atoms with Crippen molar-refractivity contribution in [2.75, 3.05) is 5.73 Å². The Kier molecular flexibility index (Phi) is 2.73. The highest BCUT2D eigenvalue weighted by atomic mass is 19.2. The van der Waals surface area contributed by atoms with Crippen molar-refractivity contribution in [3.05, 3.63) is 40.8 Å². The number of anilines is 1. The van der Waals surface area contributed by atoms with Gasteiger partial charge in [-0.05, 0) is 37.8 Å². The molecule has 100 valence electrons. The molecule has 1 aromatic heterocycles. The zero-order chi connectivity index (χ0) is 13.6. The summed E-state index contributed by atoms with van der Waals surface area (Å²) in [5.41, 5.74) is 7.36. The van der Waals surface area contributed by atoms with E-state index in [0.717, 1.165) is 36.6 Å².